The average Bonchev–Trinajstić information content (AvgIpc) is 2.97. The van der Waals surface area contributed by atoms with E-state index in [9.17, 15) is 10.2 Å². The molecule has 2 radical (unpaired) electrons. The van der Waals surface area contributed by atoms with Crippen LogP contribution in [0.4, 0.5) is 5.82 Å². The summed E-state index contributed by atoms with van der Waals surface area (Å²) in [5.74, 6) is 1.30. The molecule has 0 aliphatic carbocycles. The number of benzene rings is 2. The van der Waals surface area contributed by atoms with Crippen LogP contribution in [0.2, 0.25) is 0 Å². The summed E-state index contributed by atoms with van der Waals surface area (Å²) in [6, 6.07) is 16.8. The van der Waals surface area contributed by atoms with Crippen LogP contribution in [0.15, 0.2) is 71.9 Å². The second-order valence-electron chi connectivity index (χ2n) is 9.50. The van der Waals surface area contributed by atoms with E-state index in [2.05, 4.69) is 57.6 Å². The molecule has 12 nitrogen and oxygen atoms in total. The van der Waals surface area contributed by atoms with E-state index in [0.29, 0.717) is 11.5 Å². The first kappa shape index (κ1) is 31.6. The summed E-state index contributed by atoms with van der Waals surface area (Å²) in [6.07, 6.45) is 3.10. The zero-order chi connectivity index (χ0) is 30.0. The lowest BCUT2D eigenvalue weighted by atomic mass is 9.87. The van der Waals surface area contributed by atoms with E-state index in [1.54, 1.807) is 42.7 Å². The number of aliphatic hydroxyl groups is 2. The van der Waals surface area contributed by atoms with Crippen LogP contribution in [-0.4, -0.2) is 67.9 Å². The molecule has 0 bridgehead atoms. The second-order valence-corrected chi connectivity index (χ2v) is 10.4. The smallest absolute Gasteiger partial charge is 0.264 e. The zero-order valence-electron chi connectivity index (χ0n) is 22.8. The van der Waals surface area contributed by atoms with Crippen LogP contribution >= 0.6 is 11.9 Å². The van der Waals surface area contributed by atoms with Crippen LogP contribution < -0.4 is 18.9 Å². The third kappa shape index (κ3) is 9.03. The fraction of sp³-hybridized carbons (Fsp3) is 0.259. The fourth-order valence-corrected chi connectivity index (χ4v) is 3.95. The molecule has 0 fully saturated rings. The Labute approximate surface area is 242 Å². The van der Waals surface area contributed by atoms with Gasteiger partial charge in [0.05, 0.1) is 7.11 Å². The van der Waals surface area contributed by atoms with Gasteiger partial charge in [0.1, 0.15) is 12.3 Å². The highest BCUT2D eigenvalue weighted by Gasteiger charge is 2.25. The van der Waals surface area contributed by atoms with Crippen molar-refractivity contribution in [3.63, 3.8) is 0 Å². The van der Waals surface area contributed by atoms with Crippen LogP contribution in [-0.2, 0) is 5.41 Å². The first-order chi connectivity index (χ1) is 19.5. The van der Waals surface area contributed by atoms with Gasteiger partial charge in [-0.25, -0.2) is 15.0 Å². The number of para-hydroxylation sites is 2. The minimum absolute atomic E-state index is 0.0213. The Morgan fingerprint density at radius 2 is 1.51 bits per heavy atom. The molecular weight excluding hydrogens is 549 g/mol. The van der Waals surface area contributed by atoms with Crippen molar-refractivity contribution >= 4 is 25.6 Å². The Morgan fingerprint density at radius 3 is 2.10 bits per heavy atom. The molecule has 4 rings (SSSR count). The second kappa shape index (κ2) is 14.1. The number of rotatable bonds is 10. The molecule has 214 valence electrons. The Morgan fingerprint density at radius 1 is 0.878 bits per heavy atom. The van der Waals surface area contributed by atoms with E-state index < -0.39 is 12.3 Å². The van der Waals surface area contributed by atoms with E-state index in [1.807, 2.05) is 12.1 Å². The van der Waals surface area contributed by atoms with Gasteiger partial charge in [-0.15, -0.1) is 0 Å². The minimum Gasteiger partial charge on any atom is -0.493 e. The first-order valence-electron chi connectivity index (χ1n) is 12.1. The molecule has 14 heteroatoms. The highest BCUT2D eigenvalue weighted by molar-refractivity contribution is 8.00. The van der Waals surface area contributed by atoms with E-state index in [-0.39, 0.29) is 34.5 Å². The highest BCUT2D eigenvalue weighted by atomic mass is 32.2. The Hall–Kier alpha value is -3.95. The van der Waals surface area contributed by atoms with Gasteiger partial charge in [-0.05, 0) is 53.3 Å². The van der Waals surface area contributed by atoms with E-state index >= 15 is 0 Å². The van der Waals surface area contributed by atoms with Gasteiger partial charge >= 0.3 is 0 Å². The molecule has 0 spiro atoms. The standard InChI is InChI=1S/C27H28BN5O5S.H2O2/c1-26(2,3)17-10-12-18(13-11-17)39-33-22-21(38-20-9-6-5-8-19(20)36-4)25(37-16-27(28,34)35)32-24(31-22)23-29-14-7-15-30-23;1-2/h5-15,34-35H,16H2,1-4H3,(H,31,32,33);1-2H. The summed E-state index contributed by atoms with van der Waals surface area (Å²) >= 11 is 1.29. The van der Waals surface area contributed by atoms with Crippen LogP contribution in [0.1, 0.15) is 26.3 Å². The molecule has 0 aliphatic rings. The van der Waals surface area contributed by atoms with E-state index in [1.165, 1.54) is 24.6 Å². The number of hydrogen-bond donors (Lipinski definition) is 5. The maximum atomic E-state index is 9.69. The molecule has 41 heavy (non-hydrogen) atoms. The number of nitrogens with zero attached hydrogens (tertiary/aromatic N) is 4. The summed E-state index contributed by atoms with van der Waals surface area (Å²) in [6.45, 7) is 5.75. The lowest BCUT2D eigenvalue weighted by molar-refractivity contribution is -0.176. The van der Waals surface area contributed by atoms with Gasteiger partial charge in [0.2, 0.25) is 11.6 Å². The van der Waals surface area contributed by atoms with Crippen molar-refractivity contribution in [2.45, 2.75) is 36.8 Å². The molecule has 2 aromatic heterocycles. The number of aromatic nitrogens is 4. The maximum Gasteiger partial charge on any atom is 0.264 e. The van der Waals surface area contributed by atoms with Crippen molar-refractivity contribution in [2.24, 2.45) is 0 Å². The molecule has 0 amide bonds. The van der Waals surface area contributed by atoms with Crippen LogP contribution in [0.25, 0.3) is 11.6 Å². The van der Waals surface area contributed by atoms with Crippen molar-refractivity contribution < 1.29 is 34.9 Å². The van der Waals surface area contributed by atoms with Crippen molar-refractivity contribution in [2.75, 3.05) is 18.4 Å². The number of nitrogens with one attached hydrogen (secondary N) is 1. The monoisotopic (exact) mass is 579 g/mol. The molecule has 0 saturated heterocycles. The molecule has 5 N–H and O–H groups in total. The summed E-state index contributed by atoms with van der Waals surface area (Å²) in [5.41, 5.74) is -1.40. The molecule has 0 aliphatic heterocycles. The Bertz CT molecular complexity index is 1400. The van der Waals surface area contributed by atoms with Gasteiger partial charge in [-0.3, -0.25) is 10.5 Å². The Balaban J connectivity index is 0.00000226. The largest absolute Gasteiger partial charge is 0.493 e. The van der Waals surface area contributed by atoms with Crippen molar-refractivity contribution in [1.82, 2.24) is 19.9 Å². The zero-order valence-corrected chi connectivity index (χ0v) is 23.7. The predicted molar refractivity (Wildman–Crippen MR) is 154 cm³/mol. The van der Waals surface area contributed by atoms with Crippen molar-refractivity contribution in [3.05, 3.63) is 72.6 Å². The SMILES string of the molecule is OO.[B]C(O)(O)COc1nc(-c2ncccn2)nc(NSc2ccc(C(C)(C)C)cc2)c1Oc1ccccc1OC. The number of anilines is 1. The summed E-state index contributed by atoms with van der Waals surface area (Å²) in [7, 11) is 6.85. The molecule has 0 saturated carbocycles. The topological polar surface area (TPSA) is 172 Å². The van der Waals surface area contributed by atoms with Crippen molar-refractivity contribution in [3.8, 4) is 34.8 Å². The molecular formula is C27H30BN5O7S. The first-order valence-corrected chi connectivity index (χ1v) is 13.0. The van der Waals surface area contributed by atoms with Gasteiger partial charge in [-0.1, -0.05) is 45.0 Å². The van der Waals surface area contributed by atoms with Gasteiger partial charge < -0.3 is 29.1 Å². The normalized spacial score (nSPS) is 11.2. The van der Waals surface area contributed by atoms with E-state index in [4.69, 9.17) is 32.6 Å². The van der Waals surface area contributed by atoms with Gasteiger partial charge in [-0.2, -0.15) is 4.98 Å². The maximum absolute atomic E-state index is 9.69. The number of methoxy groups -OCH3 is 1. The van der Waals surface area contributed by atoms with Gasteiger partial charge in [0.15, 0.2) is 31.0 Å². The molecule has 0 atom stereocenters. The van der Waals surface area contributed by atoms with Crippen LogP contribution in [0.3, 0.4) is 0 Å². The number of hydrogen-bond acceptors (Lipinski definition) is 13. The van der Waals surface area contributed by atoms with E-state index in [0.717, 1.165) is 4.90 Å². The third-order valence-corrected chi connectivity index (χ3v) is 6.09. The molecule has 2 aromatic carbocycles. The lowest BCUT2D eigenvalue weighted by Gasteiger charge is -2.21. The predicted octanol–water partition coefficient (Wildman–Crippen LogP) is 4.35. The lowest BCUT2D eigenvalue weighted by Crippen LogP contribution is -2.36. The average molecular weight is 579 g/mol. The summed E-state index contributed by atoms with van der Waals surface area (Å²) in [4.78, 5) is 18.4. The molecule has 0 unspecified atom stereocenters. The third-order valence-electron chi connectivity index (χ3n) is 5.29. The van der Waals surface area contributed by atoms with Crippen LogP contribution in [0, 0.1) is 0 Å². The summed E-state index contributed by atoms with van der Waals surface area (Å²) < 4.78 is 20.4. The number of ether oxygens (including phenoxy) is 3. The minimum atomic E-state index is -2.62. The summed E-state index contributed by atoms with van der Waals surface area (Å²) in [5, 5.41) is 31.4. The Kier molecular flexibility index (Phi) is 10.9. The van der Waals surface area contributed by atoms with Crippen LogP contribution in [0.5, 0.6) is 23.1 Å². The molecule has 2 heterocycles. The van der Waals surface area contributed by atoms with Gasteiger partial charge in [0.25, 0.3) is 5.88 Å². The highest BCUT2D eigenvalue weighted by Crippen LogP contribution is 2.42. The quantitative estimate of drug-likeness (QED) is 0.0591. The fourth-order valence-electron chi connectivity index (χ4n) is 3.32. The molecule has 4 aromatic rings. The van der Waals surface area contributed by atoms with Crippen molar-refractivity contribution in [1.29, 1.82) is 0 Å². The van der Waals surface area contributed by atoms with Gasteiger partial charge in [0, 0.05) is 17.3 Å².